The van der Waals surface area contributed by atoms with Crippen molar-refractivity contribution in [2.45, 2.75) is 19.8 Å². The van der Waals surface area contributed by atoms with Gasteiger partial charge in [0.1, 0.15) is 0 Å². The molecule has 116 valence electrons. The highest BCUT2D eigenvalue weighted by Crippen LogP contribution is 2.31. The number of carbonyl (C=O) groups excluding carboxylic acids is 1. The number of nitrogens with two attached hydrogens (primary N) is 1. The molecule has 0 amide bonds. The standard InChI is InChI=1S/C16H24N2O3/c1-3-21-16(19)13-7-4-8-14(15(13)17)18-9-5-6-12(10-18)11-20-2/h4,7-8,12H,3,5-6,9-11,17H2,1-2H3. The fourth-order valence-corrected chi connectivity index (χ4v) is 2.87. The maximum atomic E-state index is 11.9. The van der Waals surface area contributed by atoms with Crippen LogP contribution in [0, 0.1) is 5.92 Å². The zero-order chi connectivity index (χ0) is 15.2. The van der Waals surface area contributed by atoms with Crippen molar-refractivity contribution in [1.82, 2.24) is 0 Å². The molecule has 1 heterocycles. The number of rotatable bonds is 5. The second-order valence-electron chi connectivity index (χ2n) is 5.37. The summed E-state index contributed by atoms with van der Waals surface area (Å²) in [7, 11) is 1.73. The van der Waals surface area contributed by atoms with Crippen LogP contribution in [0.1, 0.15) is 30.1 Å². The first-order valence-corrected chi connectivity index (χ1v) is 7.46. The number of nitrogen functional groups attached to an aromatic ring is 1. The van der Waals surface area contributed by atoms with Crippen molar-refractivity contribution in [3.63, 3.8) is 0 Å². The van der Waals surface area contributed by atoms with Crippen LogP contribution >= 0.6 is 0 Å². The average molecular weight is 292 g/mol. The summed E-state index contributed by atoms with van der Waals surface area (Å²) in [6.45, 7) is 4.76. The summed E-state index contributed by atoms with van der Waals surface area (Å²) in [5.41, 5.74) is 8.06. The van der Waals surface area contributed by atoms with Crippen molar-refractivity contribution in [1.29, 1.82) is 0 Å². The number of ether oxygens (including phenoxy) is 2. The van der Waals surface area contributed by atoms with E-state index in [4.69, 9.17) is 15.2 Å². The lowest BCUT2D eigenvalue weighted by Gasteiger charge is -2.35. The van der Waals surface area contributed by atoms with Crippen LogP contribution in [-0.2, 0) is 9.47 Å². The molecule has 21 heavy (non-hydrogen) atoms. The average Bonchev–Trinajstić information content (AvgIpc) is 2.48. The van der Waals surface area contributed by atoms with E-state index in [2.05, 4.69) is 4.90 Å². The van der Waals surface area contributed by atoms with Crippen molar-refractivity contribution in [2.75, 3.05) is 44.0 Å². The Morgan fingerprint density at radius 1 is 1.48 bits per heavy atom. The molecule has 1 fully saturated rings. The first-order chi connectivity index (χ1) is 10.2. The highest BCUT2D eigenvalue weighted by atomic mass is 16.5. The van der Waals surface area contributed by atoms with Gasteiger partial charge in [-0.1, -0.05) is 6.07 Å². The maximum absolute atomic E-state index is 11.9. The summed E-state index contributed by atoms with van der Waals surface area (Å²) in [4.78, 5) is 14.2. The molecule has 1 unspecified atom stereocenters. The maximum Gasteiger partial charge on any atom is 0.340 e. The third kappa shape index (κ3) is 3.67. The molecule has 0 aliphatic carbocycles. The number of methoxy groups -OCH3 is 1. The molecule has 1 aromatic rings. The fourth-order valence-electron chi connectivity index (χ4n) is 2.87. The SMILES string of the molecule is CCOC(=O)c1cccc(N2CCCC(COC)C2)c1N. The molecule has 5 heteroatoms. The number of nitrogens with zero attached hydrogens (tertiary/aromatic N) is 1. The number of para-hydroxylation sites is 1. The van der Waals surface area contributed by atoms with Crippen LogP contribution in [0.3, 0.4) is 0 Å². The molecule has 1 aliphatic rings. The van der Waals surface area contributed by atoms with Crippen LogP contribution in [0.15, 0.2) is 18.2 Å². The Kier molecular flexibility index (Phi) is 5.44. The van der Waals surface area contributed by atoms with E-state index >= 15 is 0 Å². The van der Waals surface area contributed by atoms with Crippen LogP contribution in [0.2, 0.25) is 0 Å². The molecule has 5 nitrogen and oxygen atoms in total. The molecule has 1 aromatic carbocycles. The summed E-state index contributed by atoms with van der Waals surface area (Å²) in [5.74, 6) is 0.150. The van der Waals surface area contributed by atoms with Crippen LogP contribution in [0.5, 0.6) is 0 Å². The Labute approximate surface area is 126 Å². The Morgan fingerprint density at radius 3 is 3.00 bits per heavy atom. The number of esters is 1. The highest BCUT2D eigenvalue weighted by molar-refractivity contribution is 5.98. The summed E-state index contributed by atoms with van der Waals surface area (Å²) in [6.07, 6.45) is 2.28. The van der Waals surface area contributed by atoms with Gasteiger partial charge in [-0.2, -0.15) is 0 Å². The lowest BCUT2D eigenvalue weighted by atomic mass is 9.97. The summed E-state index contributed by atoms with van der Waals surface area (Å²) in [6, 6.07) is 5.54. The molecule has 2 rings (SSSR count). The van der Waals surface area contributed by atoms with E-state index in [1.165, 1.54) is 6.42 Å². The minimum absolute atomic E-state index is 0.349. The van der Waals surface area contributed by atoms with E-state index in [1.807, 2.05) is 12.1 Å². The van der Waals surface area contributed by atoms with Crippen LogP contribution < -0.4 is 10.6 Å². The van der Waals surface area contributed by atoms with Gasteiger partial charge in [0.2, 0.25) is 0 Å². The van der Waals surface area contributed by atoms with Gasteiger partial charge in [0, 0.05) is 20.2 Å². The summed E-state index contributed by atoms with van der Waals surface area (Å²) >= 11 is 0. The second-order valence-corrected chi connectivity index (χ2v) is 5.37. The number of hydrogen-bond acceptors (Lipinski definition) is 5. The number of benzene rings is 1. The fraction of sp³-hybridized carbons (Fsp3) is 0.562. The third-order valence-electron chi connectivity index (χ3n) is 3.84. The molecule has 1 saturated heterocycles. The van der Waals surface area contributed by atoms with Gasteiger partial charge in [-0.05, 0) is 37.8 Å². The molecule has 1 aliphatic heterocycles. The largest absolute Gasteiger partial charge is 0.462 e. The van der Waals surface area contributed by atoms with E-state index in [1.54, 1.807) is 20.1 Å². The number of anilines is 2. The summed E-state index contributed by atoms with van der Waals surface area (Å²) in [5, 5.41) is 0. The lowest BCUT2D eigenvalue weighted by Crippen LogP contribution is -2.37. The van der Waals surface area contributed by atoms with Crippen molar-refractivity contribution >= 4 is 17.3 Å². The zero-order valence-corrected chi connectivity index (χ0v) is 12.8. The zero-order valence-electron chi connectivity index (χ0n) is 12.8. The van der Waals surface area contributed by atoms with Gasteiger partial charge in [0.05, 0.1) is 30.2 Å². The van der Waals surface area contributed by atoms with Gasteiger partial charge < -0.3 is 20.1 Å². The minimum atomic E-state index is -0.359. The van der Waals surface area contributed by atoms with E-state index < -0.39 is 0 Å². The molecule has 0 bridgehead atoms. The third-order valence-corrected chi connectivity index (χ3v) is 3.84. The number of carbonyl (C=O) groups is 1. The smallest absolute Gasteiger partial charge is 0.340 e. The van der Waals surface area contributed by atoms with Crippen molar-refractivity contribution < 1.29 is 14.3 Å². The van der Waals surface area contributed by atoms with Gasteiger partial charge in [0.15, 0.2) is 0 Å². The van der Waals surface area contributed by atoms with Crippen LogP contribution in [0.25, 0.3) is 0 Å². The molecular weight excluding hydrogens is 268 g/mol. The summed E-state index contributed by atoms with van der Waals surface area (Å²) < 4.78 is 10.3. The molecule has 0 spiro atoms. The molecule has 1 atom stereocenters. The van der Waals surface area contributed by atoms with Gasteiger partial charge in [-0.15, -0.1) is 0 Å². The topological polar surface area (TPSA) is 64.8 Å². The predicted octanol–water partition coefficient (Wildman–Crippen LogP) is 2.31. The van der Waals surface area contributed by atoms with Gasteiger partial charge >= 0.3 is 5.97 Å². The molecule has 0 radical (unpaired) electrons. The highest BCUT2D eigenvalue weighted by Gasteiger charge is 2.23. The first kappa shape index (κ1) is 15.6. The Hall–Kier alpha value is -1.75. The van der Waals surface area contributed by atoms with Crippen LogP contribution in [0.4, 0.5) is 11.4 Å². The van der Waals surface area contributed by atoms with E-state index in [-0.39, 0.29) is 5.97 Å². The van der Waals surface area contributed by atoms with Crippen molar-refractivity contribution in [3.05, 3.63) is 23.8 Å². The predicted molar refractivity (Wildman–Crippen MR) is 83.6 cm³/mol. The van der Waals surface area contributed by atoms with Crippen LogP contribution in [-0.4, -0.2) is 39.4 Å². The van der Waals surface area contributed by atoms with Gasteiger partial charge in [-0.3, -0.25) is 0 Å². The van der Waals surface area contributed by atoms with E-state index in [9.17, 15) is 4.79 Å². The Bertz CT molecular complexity index is 488. The Balaban J connectivity index is 2.19. The molecule has 0 aromatic heterocycles. The number of hydrogen-bond donors (Lipinski definition) is 1. The van der Waals surface area contributed by atoms with Crippen molar-refractivity contribution in [3.8, 4) is 0 Å². The van der Waals surface area contributed by atoms with Gasteiger partial charge in [-0.25, -0.2) is 4.79 Å². The second kappa shape index (κ2) is 7.31. The minimum Gasteiger partial charge on any atom is -0.462 e. The molecule has 0 saturated carbocycles. The lowest BCUT2D eigenvalue weighted by molar-refractivity contribution is 0.0527. The monoisotopic (exact) mass is 292 g/mol. The first-order valence-electron chi connectivity index (χ1n) is 7.46. The molecule has 2 N–H and O–H groups in total. The quantitative estimate of drug-likeness (QED) is 0.666. The normalized spacial score (nSPS) is 18.6. The van der Waals surface area contributed by atoms with E-state index in [0.717, 1.165) is 31.8 Å². The van der Waals surface area contributed by atoms with Crippen molar-refractivity contribution in [2.24, 2.45) is 5.92 Å². The Morgan fingerprint density at radius 2 is 2.29 bits per heavy atom. The van der Waals surface area contributed by atoms with E-state index in [0.29, 0.717) is 23.8 Å². The number of piperidine rings is 1. The molecular formula is C16H24N2O3. The van der Waals surface area contributed by atoms with Gasteiger partial charge in [0.25, 0.3) is 0 Å².